The van der Waals surface area contributed by atoms with Gasteiger partial charge in [-0.1, -0.05) is 42.8 Å². The highest BCUT2D eigenvalue weighted by Crippen LogP contribution is 2.24. The maximum absolute atomic E-state index is 13.0. The molecule has 0 fully saturated rings. The van der Waals surface area contributed by atoms with Crippen LogP contribution in [-0.4, -0.2) is 17.3 Å². The van der Waals surface area contributed by atoms with E-state index in [0.717, 1.165) is 18.6 Å². The molecule has 0 heterocycles. The summed E-state index contributed by atoms with van der Waals surface area (Å²) in [5.74, 6) is -2.03. The van der Waals surface area contributed by atoms with Crippen molar-refractivity contribution in [3.05, 3.63) is 35.4 Å². The van der Waals surface area contributed by atoms with E-state index in [1.165, 1.54) is 6.07 Å². The van der Waals surface area contributed by atoms with Gasteiger partial charge in [-0.3, -0.25) is 4.79 Å². The van der Waals surface area contributed by atoms with Gasteiger partial charge in [0.2, 0.25) is 5.91 Å². The Morgan fingerprint density at radius 2 is 1.95 bits per heavy atom. The third-order valence-electron chi connectivity index (χ3n) is 2.70. The number of rotatable bonds is 5. The minimum Gasteiger partial charge on any atom is -0.355 e. The highest BCUT2D eigenvalue weighted by Gasteiger charge is 2.17. The minimum absolute atomic E-state index is 0.0481. The first-order valence-electron chi connectivity index (χ1n) is 6.52. The van der Waals surface area contributed by atoms with Crippen molar-refractivity contribution in [2.45, 2.75) is 38.4 Å². The first-order valence-corrected chi connectivity index (χ1v) is 7.43. The highest BCUT2D eigenvalue weighted by atomic mass is 79.9. The van der Waals surface area contributed by atoms with Gasteiger partial charge in [0.05, 0.1) is 6.42 Å². The predicted octanol–water partition coefficient (Wildman–Crippen LogP) is 3.82. The van der Waals surface area contributed by atoms with E-state index in [4.69, 9.17) is 0 Å². The smallest absolute Gasteiger partial charge is 0.224 e. The molecule has 0 aromatic heterocycles. The molecule has 0 spiro atoms. The number of benzene rings is 1. The summed E-state index contributed by atoms with van der Waals surface area (Å²) >= 11 is 3.52. The van der Waals surface area contributed by atoms with Crippen LogP contribution in [0.2, 0.25) is 0 Å². The molecule has 1 amide bonds. The van der Waals surface area contributed by atoms with Gasteiger partial charge in [0.15, 0.2) is 11.6 Å². The van der Waals surface area contributed by atoms with Crippen LogP contribution in [0.15, 0.2) is 18.2 Å². The van der Waals surface area contributed by atoms with Crippen LogP contribution < -0.4 is 5.32 Å². The average molecular weight is 348 g/mol. The van der Waals surface area contributed by atoms with E-state index < -0.39 is 11.6 Å². The number of hydrogen-bond donors (Lipinski definition) is 1. The molecule has 0 aliphatic carbocycles. The van der Waals surface area contributed by atoms with E-state index >= 15 is 0 Å². The molecular formula is C15H20BrF2NO. The fourth-order valence-corrected chi connectivity index (χ4v) is 2.99. The van der Waals surface area contributed by atoms with E-state index in [1.54, 1.807) is 0 Å². The minimum atomic E-state index is -0.929. The Bertz CT molecular complexity index is 471. The van der Waals surface area contributed by atoms with Crippen molar-refractivity contribution in [3.8, 4) is 0 Å². The van der Waals surface area contributed by atoms with Crippen molar-refractivity contribution in [1.29, 1.82) is 0 Å². The van der Waals surface area contributed by atoms with Gasteiger partial charge in [-0.15, -0.1) is 0 Å². The summed E-state index contributed by atoms with van der Waals surface area (Å²) in [4.78, 5) is 11.9. The monoisotopic (exact) mass is 347 g/mol. The Kier molecular flexibility index (Phi) is 6.11. The summed E-state index contributed by atoms with van der Waals surface area (Å²) in [7, 11) is 0. The standard InChI is InChI=1S/C15H20BrF2NO/c1-15(2,3)8-11(16)9-19-14(20)7-10-4-5-12(17)13(18)6-10/h4-6,11H,7-9H2,1-3H3,(H,19,20). The molecule has 1 N–H and O–H groups in total. The van der Waals surface area contributed by atoms with E-state index in [-0.39, 0.29) is 22.6 Å². The van der Waals surface area contributed by atoms with Crippen molar-refractivity contribution in [2.75, 3.05) is 6.54 Å². The van der Waals surface area contributed by atoms with Crippen molar-refractivity contribution in [3.63, 3.8) is 0 Å². The maximum Gasteiger partial charge on any atom is 0.224 e. The largest absolute Gasteiger partial charge is 0.355 e. The van der Waals surface area contributed by atoms with E-state index in [9.17, 15) is 13.6 Å². The molecule has 20 heavy (non-hydrogen) atoms. The molecule has 1 atom stereocenters. The molecule has 1 aromatic rings. The molecule has 0 saturated heterocycles. The second kappa shape index (κ2) is 7.16. The van der Waals surface area contributed by atoms with Crippen LogP contribution in [0, 0.1) is 17.0 Å². The third kappa shape index (κ3) is 6.46. The zero-order valence-corrected chi connectivity index (χ0v) is 13.6. The third-order valence-corrected chi connectivity index (χ3v) is 3.35. The summed E-state index contributed by atoms with van der Waals surface area (Å²) in [6.45, 7) is 6.90. The van der Waals surface area contributed by atoms with Crippen LogP contribution in [0.25, 0.3) is 0 Å². The molecule has 1 unspecified atom stereocenters. The molecule has 5 heteroatoms. The van der Waals surface area contributed by atoms with E-state index in [0.29, 0.717) is 12.1 Å². The summed E-state index contributed by atoms with van der Waals surface area (Å²) in [5, 5.41) is 2.79. The van der Waals surface area contributed by atoms with Crippen molar-refractivity contribution < 1.29 is 13.6 Å². The fraction of sp³-hybridized carbons (Fsp3) is 0.533. The molecule has 2 nitrogen and oxygen atoms in total. The van der Waals surface area contributed by atoms with Crippen molar-refractivity contribution >= 4 is 21.8 Å². The topological polar surface area (TPSA) is 29.1 Å². The van der Waals surface area contributed by atoms with E-state index in [1.807, 2.05) is 0 Å². The first kappa shape index (κ1) is 17.1. The summed E-state index contributed by atoms with van der Waals surface area (Å²) < 4.78 is 25.8. The lowest BCUT2D eigenvalue weighted by Crippen LogP contribution is -2.32. The normalized spacial score (nSPS) is 13.1. The second-order valence-electron chi connectivity index (χ2n) is 6.09. The Morgan fingerprint density at radius 1 is 1.30 bits per heavy atom. The SMILES string of the molecule is CC(C)(C)CC(Br)CNC(=O)Cc1ccc(F)c(F)c1. The average Bonchev–Trinajstić information content (AvgIpc) is 2.29. The maximum atomic E-state index is 13.0. The van der Waals surface area contributed by atoms with Gasteiger partial charge in [-0.05, 0) is 29.5 Å². The molecule has 0 radical (unpaired) electrons. The molecule has 0 bridgehead atoms. The number of amides is 1. The molecule has 112 valence electrons. The van der Waals surface area contributed by atoms with Crippen molar-refractivity contribution in [1.82, 2.24) is 5.32 Å². The molecule has 0 aliphatic rings. The number of alkyl halides is 1. The zero-order valence-electron chi connectivity index (χ0n) is 12.0. The summed E-state index contributed by atoms with van der Waals surface area (Å²) in [5.41, 5.74) is 0.641. The molecular weight excluding hydrogens is 328 g/mol. The van der Waals surface area contributed by atoms with Gasteiger partial charge in [0.1, 0.15) is 0 Å². The van der Waals surface area contributed by atoms with Crippen LogP contribution in [-0.2, 0) is 11.2 Å². The second-order valence-corrected chi connectivity index (χ2v) is 7.39. The number of nitrogens with one attached hydrogen (secondary N) is 1. The van der Waals surface area contributed by atoms with Gasteiger partial charge in [-0.25, -0.2) is 8.78 Å². The highest BCUT2D eigenvalue weighted by molar-refractivity contribution is 9.09. The number of carbonyl (C=O) groups excluding carboxylic acids is 1. The number of carbonyl (C=O) groups is 1. The zero-order chi connectivity index (χ0) is 15.3. The van der Waals surface area contributed by atoms with Gasteiger partial charge >= 0.3 is 0 Å². The lowest BCUT2D eigenvalue weighted by molar-refractivity contribution is -0.120. The van der Waals surface area contributed by atoms with Crippen LogP contribution in [0.1, 0.15) is 32.8 Å². The number of halogens is 3. The Balaban J connectivity index is 2.42. The lowest BCUT2D eigenvalue weighted by atomic mass is 9.90. The number of hydrogen-bond acceptors (Lipinski definition) is 1. The van der Waals surface area contributed by atoms with Crippen molar-refractivity contribution in [2.24, 2.45) is 5.41 Å². The Morgan fingerprint density at radius 3 is 2.50 bits per heavy atom. The molecule has 0 aliphatic heterocycles. The van der Waals surface area contributed by atoms with Gasteiger partial charge < -0.3 is 5.32 Å². The quantitative estimate of drug-likeness (QED) is 0.806. The van der Waals surface area contributed by atoms with Crippen LogP contribution in [0.3, 0.4) is 0 Å². The molecule has 1 aromatic carbocycles. The van der Waals surface area contributed by atoms with Crippen LogP contribution >= 0.6 is 15.9 Å². The Labute approximate surface area is 127 Å². The molecule has 0 saturated carbocycles. The Hall–Kier alpha value is -0.970. The first-order chi connectivity index (χ1) is 9.17. The van der Waals surface area contributed by atoms with Crippen LogP contribution in [0.5, 0.6) is 0 Å². The van der Waals surface area contributed by atoms with Gasteiger partial charge in [-0.2, -0.15) is 0 Å². The van der Waals surface area contributed by atoms with Gasteiger partial charge in [0.25, 0.3) is 0 Å². The molecule has 1 rings (SSSR count). The van der Waals surface area contributed by atoms with Crippen LogP contribution in [0.4, 0.5) is 8.78 Å². The lowest BCUT2D eigenvalue weighted by Gasteiger charge is -2.22. The summed E-state index contributed by atoms with van der Waals surface area (Å²) in [6.07, 6.45) is 0.977. The van der Waals surface area contributed by atoms with Gasteiger partial charge in [0, 0.05) is 11.4 Å². The predicted molar refractivity (Wildman–Crippen MR) is 79.9 cm³/mol. The summed E-state index contributed by atoms with van der Waals surface area (Å²) in [6, 6.07) is 3.50. The van der Waals surface area contributed by atoms with E-state index in [2.05, 4.69) is 42.0 Å². The fourth-order valence-electron chi connectivity index (χ4n) is 1.86.